The van der Waals surface area contributed by atoms with E-state index in [1.165, 1.54) is 0 Å². The van der Waals surface area contributed by atoms with Gasteiger partial charge in [-0.25, -0.2) is 4.98 Å². The maximum atomic E-state index is 8.01. The Morgan fingerprint density at radius 1 is 1.58 bits per heavy atom. The van der Waals surface area contributed by atoms with Crippen molar-refractivity contribution >= 4 is 11.6 Å². The largest absolute Gasteiger partial charge is 0.241 e. The zero-order valence-corrected chi connectivity index (χ0v) is 7.07. The van der Waals surface area contributed by atoms with E-state index in [-0.39, 0.29) is 0 Å². The first-order valence-electron chi connectivity index (χ1n) is 3.45. The van der Waals surface area contributed by atoms with Crippen LogP contribution in [0.15, 0.2) is 23.3 Å². The van der Waals surface area contributed by atoms with Crippen LogP contribution in [0.4, 0.5) is 0 Å². The quantitative estimate of drug-likeness (QED) is 0.307. The summed E-state index contributed by atoms with van der Waals surface area (Å²) >= 11 is 5.64. The number of hydrogen-bond acceptors (Lipinski definition) is 2. The van der Waals surface area contributed by atoms with E-state index in [1.807, 2.05) is 12.1 Å². The van der Waals surface area contributed by atoms with E-state index in [4.69, 9.17) is 17.1 Å². The topological polar surface area (TPSA) is 61.7 Å². The standard InChI is InChI=1S/C7H7ClN4/c8-7-3-1-2-6(11-7)4-5-10-12-9/h1-3H,4-5H2. The number of pyridine rings is 1. The lowest BCUT2D eigenvalue weighted by Gasteiger charge is -1.95. The first-order valence-corrected chi connectivity index (χ1v) is 3.83. The zero-order chi connectivity index (χ0) is 8.81. The van der Waals surface area contributed by atoms with Crippen LogP contribution in [0.25, 0.3) is 10.4 Å². The van der Waals surface area contributed by atoms with Crippen molar-refractivity contribution in [1.29, 1.82) is 0 Å². The first-order chi connectivity index (χ1) is 5.83. The minimum absolute atomic E-state index is 0.420. The number of aromatic nitrogens is 1. The normalized spacial score (nSPS) is 9.08. The van der Waals surface area contributed by atoms with Crippen molar-refractivity contribution < 1.29 is 0 Å². The van der Waals surface area contributed by atoms with E-state index < -0.39 is 0 Å². The molecule has 0 saturated carbocycles. The highest BCUT2D eigenvalue weighted by atomic mass is 35.5. The number of halogens is 1. The second-order valence-electron chi connectivity index (χ2n) is 2.16. The molecular formula is C7H7ClN4. The Bertz CT molecular complexity index is 306. The van der Waals surface area contributed by atoms with E-state index in [0.717, 1.165) is 5.69 Å². The molecule has 62 valence electrons. The van der Waals surface area contributed by atoms with Crippen LogP contribution in [0.3, 0.4) is 0 Å². The van der Waals surface area contributed by atoms with Gasteiger partial charge in [0.1, 0.15) is 5.15 Å². The summed E-state index contributed by atoms with van der Waals surface area (Å²) in [6.45, 7) is 0.420. The fraction of sp³-hybridized carbons (Fsp3) is 0.286. The summed E-state index contributed by atoms with van der Waals surface area (Å²) in [6.07, 6.45) is 0.630. The second kappa shape index (κ2) is 4.59. The van der Waals surface area contributed by atoms with Gasteiger partial charge in [-0.2, -0.15) is 0 Å². The zero-order valence-electron chi connectivity index (χ0n) is 6.31. The third-order valence-corrected chi connectivity index (χ3v) is 1.51. The maximum Gasteiger partial charge on any atom is 0.129 e. The molecule has 0 fully saturated rings. The molecule has 1 aromatic heterocycles. The molecule has 0 spiro atoms. The van der Waals surface area contributed by atoms with Gasteiger partial charge in [-0.05, 0) is 24.1 Å². The minimum Gasteiger partial charge on any atom is -0.241 e. The van der Waals surface area contributed by atoms with E-state index >= 15 is 0 Å². The maximum absolute atomic E-state index is 8.01. The summed E-state index contributed by atoms with van der Waals surface area (Å²) in [5.41, 5.74) is 8.85. The van der Waals surface area contributed by atoms with Crippen molar-refractivity contribution in [3.05, 3.63) is 39.5 Å². The van der Waals surface area contributed by atoms with Gasteiger partial charge in [0, 0.05) is 17.2 Å². The molecule has 0 bridgehead atoms. The first kappa shape index (κ1) is 8.84. The summed E-state index contributed by atoms with van der Waals surface area (Å²) < 4.78 is 0. The number of azide groups is 1. The number of hydrogen-bond donors (Lipinski definition) is 0. The summed E-state index contributed by atoms with van der Waals surface area (Å²) in [5.74, 6) is 0. The Labute approximate surface area is 74.8 Å². The van der Waals surface area contributed by atoms with Gasteiger partial charge in [0.05, 0.1) is 0 Å². The van der Waals surface area contributed by atoms with Crippen LogP contribution in [0.1, 0.15) is 5.69 Å². The highest BCUT2D eigenvalue weighted by Crippen LogP contribution is 2.05. The second-order valence-corrected chi connectivity index (χ2v) is 2.54. The molecule has 5 heteroatoms. The molecular weight excluding hydrogens is 176 g/mol. The molecule has 0 N–H and O–H groups in total. The Balaban J connectivity index is 2.57. The van der Waals surface area contributed by atoms with Crippen LogP contribution >= 0.6 is 11.6 Å². The van der Waals surface area contributed by atoms with Crippen molar-refractivity contribution in [3.8, 4) is 0 Å². The fourth-order valence-electron chi connectivity index (χ4n) is 0.799. The van der Waals surface area contributed by atoms with E-state index in [0.29, 0.717) is 18.1 Å². The van der Waals surface area contributed by atoms with Gasteiger partial charge in [0.15, 0.2) is 0 Å². The van der Waals surface area contributed by atoms with E-state index in [2.05, 4.69) is 15.0 Å². The Morgan fingerprint density at radius 3 is 3.08 bits per heavy atom. The Kier molecular flexibility index (Phi) is 3.38. The predicted molar refractivity (Wildman–Crippen MR) is 47.0 cm³/mol. The average molecular weight is 183 g/mol. The lowest BCUT2D eigenvalue weighted by Crippen LogP contribution is -1.91. The van der Waals surface area contributed by atoms with Crippen LogP contribution in [0.2, 0.25) is 5.15 Å². The molecule has 1 rings (SSSR count). The van der Waals surface area contributed by atoms with Gasteiger partial charge >= 0.3 is 0 Å². The Hall–Kier alpha value is -1.25. The van der Waals surface area contributed by atoms with Crippen molar-refractivity contribution in [2.75, 3.05) is 6.54 Å². The highest BCUT2D eigenvalue weighted by molar-refractivity contribution is 6.29. The van der Waals surface area contributed by atoms with Gasteiger partial charge in [-0.15, -0.1) is 0 Å². The van der Waals surface area contributed by atoms with Crippen molar-refractivity contribution in [1.82, 2.24) is 4.98 Å². The van der Waals surface area contributed by atoms with Crippen LogP contribution in [0.5, 0.6) is 0 Å². The molecule has 12 heavy (non-hydrogen) atoms. The van der Waals surface area contributed by atoms with Crippen molar-refractivity contribution in [2.45, 2.75) is 6.42 Å². The lowest BCUT2D eigenvalue weighted by molar-refractivity contribution is 0.914. The summed E-state index contributed by atoms with van der Waals surface area (Å²) in [6, 6.07) is 5.37. The van der Waals surface area contributed by atoms with Crippen molar-refractivity contribution in [3.63, 3.8) is 0 Å². The third-order valence-electron chi connectivity index (χ3n) is 1.30. The molecule has 0 saturated heterocycles. The molecule has 0 aromatic carbocycles. The molecule has 0 aliphatic rings. The van der Waals surface area contributed by atoms with Crippen LogP contribution in [-0.2, 0) is 6.42 Å². The molecule has 0 unspecified atom stereocenters. The smallest absolute Gasteiger partial charge is 0.129 e. The minimum atomic E-state index is 0.420. The summed E-state index contributed by atoms with van der Waals surface area (Å²) in [4.78, 5) is 6.66. The molecule has 0 radical (unpaired) electrons. The number of nitrogens with zero attached hydrogens (tertiary/aromatic N) is 4. The summed E-state index contributed by atoms with van der Waals surface area (Å²) in [7, 11) is 0. The molecule has 4 nitrogen and oxygen atoms in total. The summed E-state index contributed by atoms with van der Waals surface area (Å²) in [5, 5.41) is 3.86. The van der Waals surface area contributed by atoms with E-state index in [1.54, 1.807) is 6.07 Å². The van der Waals surface area contributed by atoms with Gasteiger partial charge < -0.3 is 0 Å². The SMILES string of the molecule is [N-]=[N+]=NCCc1cccc(Cl)n1. The molecule has 0 aliphatic heterocycles. The molecule has 0 aliphatic carbocycles. The molecule has 0 amide bonds. The predicted octanol–water partition coefficient (Wildman–Crippen LogP) is 2.59. The number of rotatable bonds is 3. The van der Waals surface area contributed by atoms with Crippen LogP contribution in [-0.4, -0.2) is 11.5 Å². The van der Waals surface area contributed by atoms with Crippen molar-refractivity contribution in [2.24, 2.45) is 5.11 Å². The van der Waals surface area contributed by atoms with Crippen LogP contribution in [0, 0.1) is 0 Å². The van der Waals surface area contributed by atoms with E-state index in [9.17, 15) is 0 Å². The molecule has 0 atom stereocenters. The monoisotopic (exact) mass is 182 g/mol. The average Bonchev–Trinajstić information content (AvgIpc) is 2.05. The fourth-order valence-corrected chi connectivity index (χ4v) is 0.980. The lowest BCUT2D eigenvalue weighted by atomic mass is 10.3. The molecule has 1 heterocycles. The third kappa shape index (κ3) is 2.78. The van der Waals surface area contributed by atoms with Gasteiger partial charge in [0.2, 0.25) is 0 Å². The van der Waals surface area contributed by atoms with Crippen LogP contribution < -0.4 is 0 Å². The Morgan fingerprint density at radius 2 is 2.42 bits per heavy atom. The highest BCUT2D eigenvalue weighted by Gasteiger charge is 1.93. The van der Waals surface area contributed by atoms with Gasteiger partial charge in [-0.3, -0.25) is 0 Å². The van der Waals surface area contributed by atoms with Gasteiger partial charge in [-0.1, -0.05) is 22.8 Å². The van der Waals surface area contributed by atoms with Gasteiger partial charge in [0.25, 0.3) is 0 Å². The molecule has 1 aromatic rings.